The van der Waals surface area contributed by atoms with Crippen LogP contribution in [0.3, 0.4) is 0 Å². The second-order valence-corrected chi connectivity index (χ2v) is 4.83. The molecule has 1 N–H and O–H groups in total. The van der Waals surface area contributed by atoms with Gasteiger partial charge in [-0.15, -0.1) is 0 Å². The van der Waals surface area contributed by atoms with Crippen molar-refractivity contribution in [2.45, 2.75) is 46.6 Å². The summed E-state index contributed by atoms with van der Waals surface area (Å²) in [7, 11) is 1.54. The normalized spacial score (nSPS) is 13.8. The van der Waals surface area contributed by atoms with E-state index in [0.717, 1.165) is 19.4 Å². The van der Waals surface area contributed by atoms with Crippen molar-refractivity contribution in [3.8, 4) is 0 Å². The largest absolute Gasteiger partial charge is 0.372 e. The molecule has 0 saturated heterocycles. The van der Waals surface area contributed by atoms with E-state index in [1.54, 1.807) is 14.0 Å². The van der Waals surface area contributed by atoms with Gasteiger partial charge in [0.15, 0.2) is 0 Å². The number of rotatable bonds is 5. The van der Waals surface area contributed by atoms with Crippen LogP contribution in [0.2, 0.25) is 0 Å². The molecule has 0 aromatic heterocycles. The molecule has 1 amide bonds. The summed E-state index contributed by atoms with van der Waals surface area (Å²) >= 11 is 0. The molecule has 0 aromatic rings. The second kappa shape index (κ2) is 6.02. The molecule has 0 aliphatic heterocycles. The van der Waals surface area contributed by atoms with E-state index >= 15 is 0 Å². The number of amides is 1. The van der Waals surface area contributed by atoms with Crippen molar-refractivity contribution in [1.29, 1.82) is 0 Å². The van der Waals surface area contributed by atoms with Gasteiger partial charge in [0.1, 0.15) is 6.10 Å². The lowest BCUT2D eigenvalue weighted by molar-refractivity contribution is -0.130. The third-order valence-electron chi connectivity index (χ3n) is 2.13. The van der Waals surface area contributed by atoms with Crippen LogP contribution in [0.15, 0.2) is 0 Å². The third-order valence-corrected chi connectivity index (χ3v) is 2.13. The molecule has 0 spiro atoms. The highest BCUT2D eigenvalue weighted by atomic mass is 16.5. The molecule has 0 radical (unpaired) electrons. The molecule has 0 aromatic carbocycles. The lowest BCUT2D eigenvalue weighted by Crippen LogP contribution is -2.34. The summed E-state index contributed by atoms with van der Waals surface area (Å²) in [4.78, 5) is 11.3. The Kier molecular flexibility index (Phi) is 5.77. The van der Waals surface area contributed by atoms with Crippen molar-refractivity contribution < 1.29 is 9.53 Å². The monoisotopic (exact) mass is 201 g/mol. The van der Waals surface area contributed by atoms with E-state index in [4.69, 9.17) is 4.74 Å². The Morgan fingerprint density at radius 1 is 1.43 bits per heavy atom. The maximum Gasteiger partial charge on any atom is 0.248 e. The molecule has 1 atom stereocenters. The fourth-order valence-electron chi connectivity index (χ4n) is 1.08. The molecule has 0 saturated carbocycles. The zero-order chi connectivity index (χ0) is 11.2. The minimum Gasteiger partial charge on any atom is -0.372 e. The van der Waals surface area contributed by atoms with Crippen LogP contribution in [0.4, 0.5) is 0 Å². The molecule has 3 nitrogen and oxygen atoms in total. The van der Waals surface area contributed by atoms with Crippen LogP contribution in [0.25, 0.3) is 0 Å². The van der Waals surface area contributed by atoms with Crippen LogP contribution in [0, 0.1) is 5.41 Å². The first-order chi connectivity index (χ1) is 6.37. The molecule has 84 valence electrons. The lowest BCUT2D eigenvalue weighted by Gasteiger charge is -2.18. The molecule has 3 heteroatoms. The number of ether oxygens (including phenoxy) is 1. The fourth-order valence-corrected chi connectivity index (χ4v) is 1.08. The van der Waals surface area contributed by atoms with Gasteiger partial charge in [-0.25, -0.2) is 0 Å². The standard InChI is InChI=1S/C11H23NO2/c1-9(14-5)10(13)12-8-6-7-11(2,3)4/h9H,6-8H2,1-5H3,(H,12,13). The fraction of sp³-hybridized carbons (Fsp3) is 0.909. The lowest BCUT2D eigenvalue weighted by atomic mass is 9.91. The highest BCUT2D eigenvalue weighted by Gasteiger charge is 2.12. The van der Waals surface area contributed by atoms with Crippen LogP contribution < -0.4 is 5.32 Å². The van der Waals surface area contributed by atoms with Crippen molar-refractivity contribution in [2.24, 2.45) is 5.41 Å². The van der Waals surface area contributed by atoms with Gasteiger partial charge in [-0.05, 0) is 25.2 Å². The summed E-state index contributed by atoms with van der Waals surface area (Å²) in [5, 5.41) is 2.84. The van der Waals surface area contributed by atoms with Gasteiger partial charge >= 0.3 is 0 Å². The van der Waals surface area contributed by atoms with E-state index in [-0.39, 0.29) is 12.0 Å². The molecule has 0 aliphatic carbocycles. The van der Waals surface area contributed by atoms with E-state index in [2.05, 4.69) is 26.1 Å². The zero-order valence-electron chi connectivity index (χ0n) is 10.0. The van der Waals surface area contributed by atoms with Gasteiger partial charge in [0.2, 0.25) is 5.91 Å². The van der Waals surface area contributed by atoms with Crippen molar-refractivity contribution >= 4 is 5.91 Å². The van der Waals surface area contributed by atoms with Crippen LogP contribution >= 0.6 is 0 Å². The minimum atomic E-state index is -0.343. The Morgan fingerprint density at radius 2 is 2.00 bits per heavy atom. The van der Waals surface area contributed by atoms with E-state index < -0.39 is 0 Å². The highest BCUT2D eigenvalue weighted by molar-refractivity contribution is 5.80. The van der Waals surface area contributed by atoms with Crippen LogP contribution in [-0.4, -0.2) is 25.7 Å². The summed E-state index contributed by atoms with van der Waals surface area (Å²) in [5.74, 6) is -0.0265. The van der Waals surface area contributed by atoms with Crippen molar-refractivity contribution in [2.75, 3.05) is 13.7 Å². The predicted molar refractivity (Wildman–Crippen MR) is 58.2 cm³/mol. The Balaban J connectivity index is 3.51. The van der Waals surface area contributed by atoms with Crippen molar-refractivity contribution in [1.82, 2.24) is 5.32 Å². The Morgan fingerprint density at radius 3 is 2.43 bits per heavy atom. The third kappa shape index (κ3) is 6.89. The summed E-state index contributed by atoms with van der Waals surface area (Å²) in [6, 6.07) is 0. The van der Waals surface area contributed by atoms with Gasteiger partial charge in [0, 0.05) is 13.7 Å². The topological polar surface area (TPSA) is 38.3 Å². The molecule has 14 heavy (non-hydrogen) atoms. The smallest absolute Gasteiger partial charge is 0.248 e. The van der Waals surface area contributed by atoms with Gasteiger partial charge in [0.05, 0.1) is 0 Å². The number of hydrogen-bond donors (Lipinski definition) is 1. The Bertz CT molecular complexity index is 173. The number of methoxy groups -OCH3 is 1. The molecule has 0 fully saturated rings. The average molecular weight is 201 g/mol. The van der Waals surface area contributed by atoms with E-state index in [9.17, 15) is 4.79 Å². The van der Waals surface area contributed by atoms with Gasteiger partial charge in [-0.2, -0.15) is 0 Å². The molecule has 0 rings (SSSR count). The summed E-state index contributed by atoms with van der Waals surface area (Å²) in [5.41, 5.74) is 0.345. The van der Waals surface area contributed by atoms with Gasteiger partial charge in [-0.1, -0.05) is 20.8 Å². The quantitative estimate of drug-likeness (QED) is 0.691. The summed E-state index contributed by atoms with van der Waals surface area (Å²) in [6.07, 6.45) is 1.80. The van der Waals surface area contributed by atoms with Gasteiger partial charge in [0.25, 0.3) is 0 Å². The first kappa shape index (κ1) is 13.4. The molecular weight excluding hydrogens is 178 g/mol. The number of carbonyl (C=O) groups is 1. The van der Waals surface area contributed by atoms with E-state index in [0.29, 0.717) is 5.41 Å². The second-order valence-electron chi connectivity index (χ2n) is 4.83. The molecule has 0 heterocycles. The summed E-state index contributed by atoms with van der Waals surface area (Å²) < 4.78 is 4.90. The Hall–Kier alpha value is -0.570. The molecule has 1 unspecified atom stereocenters. The minimum absolute atomic E-state index is 0.0265. The van der Waals surface area contributed by atoms with Crippen molar-refractivity contribution in [3.63, 3.8) is 0 Å². The first-order valence-corrected chi connectivity index (χ1v) is 5.17. The maximum absolute atomic E-state index is 11.3. The molecular formula is C11H23NO2. The van der Waals surface area contributed by atoms with E-state index in [1.165, 1.54) is 0 Å². The van der Waals surface area contributed by atoms with Gasteiger partial charge in [-0.3, -0.25) is 4.79 Å². The molecule has 0 bridgehead atoms. The van der Waals surface area contributed by atoms with Gasteiger partial charge < -0.3 is 10.1 Å². The number of nitrogens with one attached hydrogen (secondary N) is 1. The highest BCUT2D eigenvalue weighted by Crippen LogP contribution is 2.19. The first-order valence-electron chi connectivity index (χ1n) is 5.17. The zero-order valence-corrected chi connectivity index (χ0v) is 10.0. The SMILES string of the molecule is COC(C)C(=O)NCCCC(C)(C)C. The van der Waals surface area contributed by atoms with Crippen LogP contribution in [0.5, 0.6) is 0 Å². The Labute approximate surface area is 87.2 Å². The maximum atomic E-state index is 11.3. The van der Waals surface area contributed by atoms with E-state index in [1.807, 2.05) is 0 Å². The molecule has 0 aliphatic rings. The van der Waals surface area contributed by atoms with Crippen molar-refractivity contribution in [3.05, 3.63) is 0 Å². The van der Waals surface area contributed by atoms with Crippen LogP contribution in [0.1, 0.15) is 40.5 Å². The summed E-state index contributed by atoms with van der Waals surface area (Å²) in [6.45, 7) is 9.09. The average Bonchev–Trinajstić information content (AvgIpc) is 2.09. The number of carbonyl (C=O) groups excluding carboxylic acids is 1. The number of hydrogen-bond acceptors (Lipinski definition) is 2. The predicted octanol–water partition coefficient (Wildman–Crippen LogP) is 1.96. The van der Waals surface area contributed by atoms with Crippen LogP contribution in [-0.2, 0) is 9.53 Å².